The second kappa shape index (κ2) is 10.2. The maximum Gasteiger partial charge on any atom is 0.269 e. The van der Waals surface area contributed by atoms with Crippen LogP contribution in [0.2, 0.25) is 0 Å². The minimum absolute atomic E-state index is 0.0298. The first-order chi connectivity index (χ1) is 16.5. The van der Waals surface area contributed by atoms with Crippen LogP contribution in [0.25, 0.3) is 11.7 Å². The minimum atomic E-state index is -0.602. The third-order valence-electron chi connectivity index (χ3n) is 5.49. The number of aryl methyl sites for hydroxylation is 1. The predicted octanol–water partition coefficient (Wildman–Crippen LogP) is 3.01. The highest BCUT2D eigenvalue weighted by Gasteiger charge is 2.21. The molecule has 0 unspecified atom stereocenters. The highest BCUT2D eigenvalue weighted by atomic mass is 16.5. The number of amides is 1. The van der Waals surface area contributed by atoms with Gasteiger partial charge in [0.1, 0.15) is 22.9 Å². The van der Waals surface area contributed by atoms with Gasteiger partial charge < -0.3 is 19.5 Å². The van der Waals surface area contributed by atoms with E-state index in [0.29, 0.717) is 23.8 Å². The summed E-state index contributed by atoms with van der Waals surface area (Å²) in [4.78, 5) is 30.6. The quantitative estimate of drug-likeness (QED) is 0.426. The number of aromatic nitrogens is 2. The van der Waals surface area contributed by atoms with Gasteiger partial charge in [0.15, 0.2) is 11.5 Å². The van der Waals surface area contributed by atoms with E-state index in [2.05, 4.69) is 10.3 Å². The van der Waals surface area contributed by atoms with E-state index in [1.807, 2.05) is 19.1 Å². The van der Waals surface area contributed by atoms with Crippen molar-refractivity contribution in [3.05, 3.63) is 69.6 Å². The fourth-order valence-electron chi connectivity index (χ4n) is 3.70. The molecule has 1 N–H and O–H groups in total. The first-order valence-corrected chi connectivity index (χ1v) is 10.9. The first-order valence-electron chi connectivity index (χ1n) is 10.9. The lowest BCUT2D eigenvalue weighted by Crippen LogP contribution is -2.32. The number of para-hydroxylation sites is 2. The lowest BCUT2D eigenvalue weighted by Gasteiger charge is -2.13. The number of hydrogen-bond donors (Lipinski definition) is 1. The molecular weight excluding hydrogens is 436 g/mol. The molecule has 174 valence electrons. The van der Waals surface area contributed by atoms with Gasteiger partial charge in [-0.2, -0.15) is 10.2 Å². The molecule has 1 fully saturated rings. The average Bonchev–Trinajstić information content (AvgIpc) is 3.37. The molecule has 1 aromatic carbocycles. The van der Waals surface area contributed by atoms with Gasteiger partial charge in [-0.1, -0.05) is 18.2 Å². The second-order valence-corrected chi connectivity index (χ2v) is 7.79. The van der Waals surface area contributed by atoms with Crippen molar-refractivity contribution in [2.75, 3.05) is 20.3 Å². The number of methoxy groups -OCH3 is 1. The number of carbonyl (C=O) groups excluding carboxylic acids is 1. The largest absolute Gasteiger partial charge is 0.493 e. The Kier molecular flexibility index (Phi) is 6.90. The Balaban J connectivity index is 1.78. The van der Waals surface area contributed by atoms with Crippen molar-refractivity contribution in [1.82, 2.24) is 14.7 Å². The molecule has 9 nitrogen and oxygen atoms in total. The molecule has 0 radical (unpaired) electrons. The molecule has 2 aromatic heterocycles. The van der Waals surface area contributed by atoms with E-state index in [1.54, 1.807) is 36.5 Å². The number of ether oxygens (including phenoxy) is 3. The summed E-state index contributed by atoms with van der Waals surface area (Å²) in [6.45, 7) is 2.77. The molecular formula is C25H24N4O5. The van der Waals surface area contributed by atoms with E-state index in [0.717, 1.165) is 18.4 Å². The molecule has 1 saturated heterocycles. The zero-order valence-corrected chi connectivity index (χ0v) is 18.9. The van der Waals surface area contributed by atoms with E-state index in [1.165, 1.54) is 17.6 Å². The lowest BCUT2D eigenvalue weighted by atomic mass is 10.1. The third kappa shape index (κ3) is 4.77. The van der Waals surface area contributed by atoms with Gasteiger partial charge in [-0.3, -0.25) is 14.0 Å². The zero-order valence-electron chi connectivity index (χ0n) is 18.9. The molecule has 0 saturated carbocycles. The van der Waals surface area contributed by atoms with Crippen LogP contribution in [0.5, 0.6) is 17.4 Å². The molecule has 3 heterocycles. The second-order valence-electron chi connectivity index (χ2n) is 7.79. The number of nitrogens with zero attached hydrogens (tertiary/aromatic N) is 3. The first kappa shape index (κ1) is 23.0. The highest BCUT2D eigenvalue weighted by molar-refractivity contribution is 6.01. The molecule has 1 aliphatic heterocycles. The van der Waals surface area contributed by atoms with Gasteiger partial charge in [0.2, 0.25) is 5.88 Å². The van der Waals surface area contributed by atoms with Gasteiger partial charge in [0.05, 0.1) is 13.2 Å². The molecule has 1 aliphatic rings. The van der Waals surface area contributed by atoms with Crippen LogP contribution in [0.4, 0.5) is 0 Å². The van der Waals surface area contributed by atoms with E-state index in [-0.39, 0.29) is 29.7 Å². The van der Waals surface area contributed by atoms with Crippen molar-refractivity contribution in [2.24, 2.45) is 0 Å². The van der Waals surface area contributed by atoms with Crippen LogP contribution in [-0.4, -0.2) is 41.7 Å². The number of fused-ring (bicyclic) bond motifs is 1. The Hall–Kier alpha value is -4.16. The molecule has 3 aromatic rings. The number of nitrogens with one attached hydrogen (secondary N) is 1. The van der Waals surface area contributed by atoms with Gasteiger partial charge >= 0.3 is 0 Å². The molecule has 0 spiro atoms. The Morgan fingerprint density at radius 2 is 2.12 bits per heavy atom. The molecule has 1 atom stereocenters. The summed E-state index contributed by atoms with van der Waals surface area (Å²) in [5, 5.41) is 12.4. The summed E-state index contributed by atoms with van der Waals surface area (Å²) in [5.41, 5.74) is 0.413. The van der Waals surface area contributed by atoms with E-state index >= 15 is 0 Å². The summed E-state index contributed by atoms with van der Waals surface area (Å²) in [7, 11) is 1.50. The number of rotatable bonds is 7. The molecule has 0 bridgehead atoms. The summed E-state index contributed by atoms with van der Waals surface area (Å²) in [5.74, 6) is 0.142. The van der Waals surface area contributed by atoms with Crippen LogP contribution >= 0.6 is 0 Å². The van der Waals surface area contributed by atoms with Crippen LogP contribution in [0.3, 0.4) is 0 Å². The summed E-state index contributed by atoms with van der Waals surface area (Å²) in [6.07, 6.45) is 4.48. The summed E-state index contributed by atoms with van der Waals surface area (Å²) < 4.78 is 18.2. The van der Waals surface area contributed by atoms with Crippen molar-refractivity contribution in [3.8, 4) is 23.4 Å². The molecule has 1 amide bonds. The average molecular weight is 460 g/mol. The third-order valence-corrected chi connectivity index (χ3v) is 5.49. The van der Waals surface area contributed by atoms with Crippen molar-refractivity contribution in [3.63, 3.8) is 0 Å². The Morgan fingerprint density at radius 1 is 1.32 bits per heavy atom. The maximum absolute atomic E-state index is 13.4. The number of nitriles is 1. The van der Waals surface area contributed by atoms with E-state index in [9.17, 15) is 14.9 Å². The standard InChI is InChI=1S/C25H24N4O5/c1-16-7-5-11-29-22(16)28-24(34-21-10-4-3-9-20(21)32-2)19(25(29)31)13-17(14-26)23(30)27-15-18-8-6-12-33-18/h3-5,7,9-11,13,18H,6,8,12,15H2,1-2H3,(H,27,30)/b17-13+/t18-/m1/s1. The molecule has 34 heavy (non-hydrogen) atoms. The Morgan fingerprint density at radius 3 is 2.82 bits per heavy atom. The van der Waals surface area contributed by atoms with Crippen molar-refractivity contribution < 1.29 is 19.0 Å². The van der Waals surface area contributed by atoms with Gasteiger partial charge in [-0.15, -0.1) is 0 Å². The minimum Gasteiger partial charge on any atom is -0.493 e. The number of hydrogen-bond acceptors (Lipinski definition) is 7. The Labute approximate surface area is 196 Å². The fraction of sp³-hybridized carbons (Fsp3) is 0.280. The fourth-order valence-corrected chi connectivity index (χ4v) is 3.70. The number of benzene rings is 1. The highest BCUT2D eigenvalue weighted by Crippen LogP contribution is 2.32. The van der Waals surface area contributed by atoms with E-state index < -0.39 is 11.5 Å². The van der Waals surface area contributed by atoms with Crippen LogP contribution < -0.4 is 20.3 Å². The van der Waals surface area contributed by atoms with Crippen LogP contribution in [0.15, 0.2) is 53.0 Å². The normalized spacial score (nSPS) is 15.7. The smallest absolute Gasteiger partial charge is 0.269 e. The number of carbonyl (C=O) groups is 1. The van der Waals surface area contributed by atoms with Gasteiger partial charge in [0.25, 0.3) is 11.5 Å². The predicted molar refractivity (Wildman–Crippen MR) is 125 cm³/mol. The number of pyridine rings is 1. The lowest BCUT2D eigenvalue weighted by molar-refractivity contribution is -0.117. The SMILES string of the molecule is COc1ccccc1Oc1nc2c(C)cccn2c(=O)c1/C=C(\C#N)C(=O)NC[C@H]1CCCO1. The molecule has 9 heteroatoms. The summed E-state index contributed by atoms with van der Waals surface area (Å²) in [6, 6.07) is 12.3. The Bertz CT molecular complexity index is 1350. The zero-order chi connectivity index (χ0) is 24.1. The van der Waals surface area contributed by atoms with Gasteiger partial charge in [-0.05, 0) is 49.6 Å². The van der Waals surface area contributed by atoms with Gasteiger partial charge in [0, 0.05) is 19.3 Å². The van der Waals surface area contributed by atoms with Crippen LogP contribution in [0, 0.1) is 18.3 Å². The maximum atomic E-state index is 13.4. The monoisotopic (exact) mass is 460 g/mol. The van der Waals surface area contributed by atoms with Crippen molar-refractivity contribution in [1.29, 1.82) is 5.26 Å². The van der Waals surface area contributed by atoms with Crippen molar-refractivity contribution in [2.45, 2.75) is 25.9 Å². The van der Waals surface area contributed by atoms with Gasteiger partial charge in [-0.25, -0.2) is 0 Å². The van der Waals surface area contributed by atoms with Crippen LogP contribution in [-0.2, 0) is 9.53 Å². The van der Waals surface area contributed by atoms with Crippen LogP contribution in [0.1, 0.15) is 24.0 Å². The molecule has 0 aliphatic carbocycles. The molecule has 4 rings (SSSR count). The van der Waals surface area contributed by atoms with Crippen molar-refractivity contribution >= 4 is 17.6 Å². The van der Waals surface area contributed by atoms with E-state index in [4.69, 9.17) is 14.2 Å². The summed E-state index contributed by atoms with van der Waals surface area (Å²) >= 11 is 0. The topological polar surface area (TPSA) is 115 Å².